The van der Waals surface area contributed by atoms with Crippen LogP contribution in [0.3, 0.4) is 0 Å². The SMILES string of the molecule is ClCc1cc(Cl)ccc1N1CCCCC1. The Morgan fingerprint density at radius 2 is 1.87 bits per heavy atom. The topological polar surface area (TPSA) is 3.24 Å². The van der Waals surface area contributed by atoms with Gasteiger partial charge in [0.15, 0.2) is 0 Å². The van der Waals surface area contributed by atoms with Crippen molar-refractivity contribution in [2.75, 3.05) is 18.0 Å². The maximum Gasteiger partial charge on any atom is 0.0495 e. The van der Waals surface area contributed by atoms with Crippen molar-refractivity contribution in [3.05, 3.63) is 28.8 Å². The van der Waals surface area contributed by atoms with Crippen molar-refractivity contribution < 1.29 is 0 Å². The number of nitrogens with zero attached hydrogens (tertiary/aromatic N) is 1. The summed E-state index contributed by atoms with van der Waals surface area (Å²) in [6, 6.07) is 6.01. The molecule has 0 aromatic heterocycles. The van der Waals surface area contributed by atoms with E-state index in [2.05, 4.69) is 11.0 Å². The standard InChI is InChI=1S/C12H15Cl2N/c13-9-10-8-11(14)4-5-12(10)15-6-2-1-3-7-15/h4-5,8H,1-3,6-7,9H2. The van der Waals surface area contributed by atoms with Gasteiger partial charge < -0.3 is 4.90 Å². The zero-order chi connectivity index (χ0) is 10.7. The fourth-order valence-electron chi connectivity index (χ4n) is 2.10. The van der Waals surface area contributed by atoms with Crippen LogP contribution in [0.2, 0.25) is 5.02 Å². The van der Waals surface area contributed by atoms with E-state index in [4.69, 9.17) is 23.2 Å². The molecule has 0 unspecified atom stereocenters. The molecule has 2 rings (SSSR count). The van der Waals surface area contributed by atoms with Gasteiger partial charge in [-0.15, -0.1) is 11.6 Å². The summed E-state index contributed by atoms with van der Waals surface area (Å²) >= 11 is 11.9. The third-order valence-corrected chi connectivity index (χ3v) is 3.41. The number of alkyl halides is 1. The fraction of sp³-hybridized carbons (Fsp3) is 0.500. The average molecular weight is 244 g/mol. The van der Waals surface area contributed by atoms with E-state index in [0.29, 0.717) is 5.88 Å². The molecule has 0 atom stereocenters. The highest BCUT2D eigenvalue weighted by molar-refractivity contribution is 6.30. The van der Waals surface area contributed by atoms with Crippen LogP contribution in [0.4, 0.5) is 5.69 Å². The van der Waals surface area contributed by atoms with Crippen molar-refractivity contribution in [1.82, 2.24) is 0 Å². The van der Waals surface area contributed by atoms with E-state index < -0.39 is 0 Å². The van der Waals surface area contributed by atoms with Crippen molar-refractivity contribution >= 4 is 28.9 Å². The molecule has 1 fully saturated rings. The van der Waals surface area contributed by atoms with Crippen LogP contribution in [0.5, 0.6) is 0 Å². The van der Waals surface area contributed by atoms with Crippen molar-refractivity contribution in [2.24, 2.45) is 0 Å². The van der Waals surface area contributed by atoms with Crippen LogP contribution in [0.15, 0.2) is 18.2 Å². The lowest BCUT2D eigenvalue weighted by Crippen LogP contribution is -2.30. The molecular weight excluding hydrogens is 229 g/mol. The van der Waals surface area contributed by atoms with Crippen LogP contribution >= 0.6 is 23.2 Å². The molecule has 1 nitrogen and oxygen atoms in total. The van der Waals surface area contributed by atoms with Gasteiger partial charge in [0, 0.05) is 29.7 Å². The molecule has 0 bridgehead atoms. The number of rotatable bonds is 2. The first-order valence-electron chi connectivity index (χ1n) is 5.40. The molecule has 0 aliphatic carbocycles. The minimum Gasteiger partial charge on any atom is -0.371 e. The lowest BCUT2D eigenvalue weighted by Gasteiger charge is -2.30. The van der Waals surface area contributed by atoms with Gasteiger partial charge in [-0.25, -0.2) is 0 Å². The summed E-state index contributed by atoms with van der Waals surface area (Å²) in [5.74, 6) is 0.534. The van der Waals surface area contributed by atoms with E-state index in [1.54, 1.807) is 0 Å². The Balaban J connectivity index is 2.25. The highest BCUT2D eigenvalue weighted by Crippen LogP contribution is 2.28. The Labute approximate surface area is 101 Å². The number of piperidine rings is 1. The van der Waals surface area contributed by atoms with Gasteiger partial charge in [-0.1, -0.05) is 11.6 Å². The molecule has 1 aliphatic heterocycles. The highest BCUT2D eigenvalue weighted by Gasteiger charge is 2.13. The van der Waals surface area contributed by atoms with E-state index in [1.165, 1.54) is 24.9 Å². The van der Waals surface area contributed by atoms with Crippen LogP contribution in [-0.4, -0.2) is 13.1 Å². The predicted molar refractivity (Wildman–Crippen MR) is 67.1 cm³/mol. The zero-order valence-corrected chi connectivity index (χ0v) is 10.2. The molecule has 82 valence electrons. The summed E-state index contributed by atoms with van der Waals surface area (Å²) < 4.78 is 0. The van der Waals surface area contributed by atoms with Crippen LogP contribution < -0.4 is 4.90 Å². The summed E-state index contributed by atoms with van der Waals surface area (Å²) in [6.45, 7) is 2.29. The van der Waals surface area contributed by atoms with Gasteiger partial charge in [-0.3, -0.25) is 0 Å². The average Bonchev–Trinajstić information content (AvgIpc) is 2.30. The molecule has 1 heterocycles. The number of anilines is 1. The molecule has 0 spiro atoms. The van der Waals surface area contributed by atoms with E-state index in [-0.39, 0.29) is 0 Å². The van der Waals surface area contributed by atoms with Crippen molar-refractivity contribution in [2.45, 2.75) is 25.1 Å². The Hall–Kier alpha value is -0.400. The van der Waals surface area contributed by atoms with Gasteiger partial charge in [0.1, 0.15) is 0 Å². The van der Waals surface area contributed by atoms with E-state index in [1.807, 2.05) is 12.1 Å². The Kier molecular flexibility index (Phi) is 3.76. The zero-order valence-electron chi connectivity index (χ0n) is 8.68. The molecule has 15 heavy (non-hydrogen) atoms. The lowest BCUT2D eigenvalue weighted by molar-refractivity contribution is 0.577. The Morgan fingerprint density at radius 1 is 1.13 bits per heavy atom. The molecule has 1 aliphatic rings. The van der Waals surface area contributed by atoms with Crippen LogP contribution in [-0.2, 0) is 5.88 Å². The molecule has 1 aromatic carbocycles. The minimum absolute atomic E-state index is 0.534. The number of hydrogen-bond acceptors (Lipinski definition) is 1. The molecule has 1 saturated heterocycles. The van der Waals surface area contributed by atoms with Crippen molar-refractivity contribution in [1.29, 1.82) is 0 Å². The normalized spacial score (nSPS) is 16.8. The number of halogens is 2. The second kappa shape index (κ2) is 5.09. The van der Waals surface area contributed by atoms with Gasteiger partial charge in [0.2, 0.25) is 0 Å². The summed E-state index contributed by atoms with van der Waals surface area (Å²) in [4.78, 5) is 2.41. The number of hydrogen-bond donors (Lipinski definition) is 0. The summed E-state index contributed by atoms with van der Waals surface area (Å²) in [5, 5.41) is 0.770. The molecular formula is C12H15Cl2N. The molecule has 1 aromatic rings. The third-order valence-electron chi connectivity index (χ3n) is 2.88. The minimum atomic E-state index is 0.534. The first kappa shape index (κ1) is 11.1. The maximum absolute atomic E-state index is 5.96. The second-order valence-electron chi connectivity index (χ2n) is 3.95. The Morgan fingerprint density at radius 3 is 2.53 bits per heavy atom. The quantitative estimate of drug-likeness (QED) is 0.709. The van der Waals surface area contributed by atoms with Gasteiger partial charge in [0.25, 0.3) is 0 Å². The maximum atomic E-state index is 5.96. The fourth-order valence-corrected chi connectivity index (χ4v) is 2.51. The predicted octanol–water partition coefficient (Wildman–Crippen LogP) is 4.07. The monoisotopic (exact) mass is 243 g/mol. The Bertz CT molecular complexity index is 332. The molecule has 0 radical (unpaired) electrons. The first-order chi connectivity index (χ1) is 7.31. The molecule has 0 amide bonds. The number of benzene rings is 1. The molecule has 3 heteroatoms. The van der Waals surface area contributed by atoms with Crippen molar-refractivity contribution in [3.8, 4) is 0 Å². The lowest BCUT2D eigenvalue weighted by atomic mass is 10.1. The van der Waals surface area contributed by atoms with Crippen LogP contribution in [0.25, 0.3) is 0 Å². The van der Waals surface area contributed by atoms with Gasteiger partial charge in [-0.2, -0.15) is 0 Å². The molecule has 0 N–H and O–H groups in total. The van der Waals surface area contributed by atoms with E-state index in [0.717, 1.165) is 23.7 Å². The van der Waals surface area contributed by atoms with Crippen LogP contribution in [0.1, 0.15) is 24.8 Å². The molecule has 0 saturated carbocycles. The highest BCUT2D eigenvalue weighted by atomic mass is 35.5. The second-order valence-corrected chi connectivity index (χ2v) is 4.66. The first-order valence-corrected chi connectivity index (χ1v) is 6.32. The third kappa shape index (κ3) is 2.59. The van der Waals surface area contributed by atoms with Crippen LogP contribution in [0, 0.1) is 0 Å². The van der Waals surface area contributed by atoms with Gasteiger partial charge >= 0.3 is 0 Å². The smallest absolute Gasteiger partial charge is 0.0495 e. The van der Waals surface area contributed by atoms with Crippen molar-refractivity contribution in [3.63, 3.8) is 0 Å². The summed E-state index contributed by atoms with van der Waals surface area (Å²) in [6.07, 6.45) is 3.91. The van der Waals surface area contributed by atoms with E-state index in [9.17, 15) is 0 Å². The largest absolute Gasteiger partial charge is 0.371 e. The summed E-state index contributed by atoms with van der Waals surface area (Å²) in [5.41, 5.74) is 2.40. The van der Waals surface area contributed by atoms with Gasteiger partial charge in [-0.05, 0) is 43.0 Å². The van der Waals surface area contributed by atoms with Gasteiger partial charge in [0.05, 0.1) is 0 Å². The summed E-state index contributed by atoms with van der Waals surface area (Å²) in [7, 11) is 0. The van der Waals surface area contributed by atoms with E-state index >= 15 is 0 Å².